The van der Waals surface area contributed by atoms with Crippen molar-refractivity contribution in [1.29, 1.82) is 0 Å². The fourth-order valence-corrected chi connectivity index (χ4v) is 3.12. The van der Waals surface area contributed by atoms with Gasteiger partial charge in [0.15, 0.2) is 11.6 Å². The molecule has 3 rings (SSSR count). The summed E-state index contributed by atoms with van der Waals surface area (Å²) in [6.07, 6.45) is 5.21. The molecule has 2 aliphatic heterocycles. The summed E-state index contributed by atoms with van der Waals surface area (Å²) >= 11 is 5.73. The first-order valence-electron chi connectivity index (χ1n) is 6.54. The molecule has 18 heavy (non-hydrogen) atoms. The zero-order valence-electron chi connectivity index (χ0n) is 10.3. The average Bonchev–Trinajstić information content (AvgIpc) is 2.99. The molecule has 0 aromatic carbocycles. The van der Waals surface area contributed by atoms with E-state index in [-0.39, 0.29) is 5.82 Å². The second kappa shape index (κ2) is 5.02. The number of aromatic nitrogens is 1. The number of hydrogen-bond acceptors (Lipinski definition) is 3. The van der Waals surface area contributed by atoms with Crippen LogP contribution in [0.3, 0.4) is 0 Å². The van der Waals surface area contributed by atoms with Crippen LogP contribution in [0.1, 0.15) is 19.3 Å². The van der Waals surface area contributed by atoms with Crippen LogP contribution >= 0.6 is 11.6 Å². The SMILES string of the molecule is Fc1cc(Cl)cnc1N1CCC(N2CCCC2)C1. The molecule has 2 fully saturated rings. The lowest BCUT2D eigenvalue weighted by atomic mass is 10.2. The monoisotopic (exact) mass is 269 g/mol. The summed E-state index contributed by atoms with van der Waals surface area (Å²) in [5.74, 6) is 0.130. The predicted octanol–water partition coefficient (Wildman–Crippen LogP) is 2.55. The van der Waals surface area contributed by atoms with E-state index in [0.717, 1.165) is 19.5 Å². The van der Waals surface area contributed by atoms with Gasteiger partial charge in [-0.15, -0.1) is 0 Å². The summed E-state index contributed by atoms with van der Waals surface area (Å²) in [4.78, 5) is 8.68. The van der Waals surface area contributed by atoms with E-state index >= 15 is 0 Å². The van der Waals surface area contributed by atoms with Gasteiger partial charge >= 0.3 is 0 Å². The van der Waals surface area contributed by atoms with Gasteiger partial charge in [-0.25, -0.2) is 9.37 Å². The molecule has 2 aliphatic rings. The van der Waals surface area contributed by atoms with Gasteiger partial charge in [0.2, 0.25) is 0 Å². The largest absolute Gasteiger partial charge is 0.353 e. The quantitative estimate of drug-likeness (QED) is 0.823. The lowest BCUT2D eigenvalue weighted by molar-refractivity contribution is 0.260. The van der Waals surface area contributed by atoms with Gasteiger partial charge in [-0.1, -0.05) is 11.6 Å². The third-order valence-electron chi connectivity index (χ3n) is 3.91. The Balaban J connectivity index is 1.71. The van der Waals surface area contributed by atoms with Crippen LogP contribution in [0.4, 0.5) is 10.2 Å². The third-order valence-corrected chi connectivity index (χ3v) is 4.12. The van der Waals surface area contributed by atoms with Crippen molar-refractivity contribution in [2.75, 3.05) is 31.1 Å². The number of nitrogens with zero attached hydrogens (tertiary/aromatic N) is 3. The number of anilines is 1. The van der Waals surface area contributed by atoms with Crippen molar-refractivity contribution in [2.45, 2.75) is 25.3 Å². The minimum absolute atomic E-state index is 0.315. The molecular formula is C13H17ClFN3. The fourth-order valence-electron chi connectivity index (χ4n) is 2.98. The molecule has 0 spiro atoms. The molecule has 0 amide bonds. The highest BCUT2D eigenvalue weighted by Gasteiger charge is 2.30. The van der Waals surface area contributed by atoms with Crippen LogP contribution in [0.5, 0.6) is 0 Å². The van der Waals surface area contributed by atoms with E-state index in [1.54, 1.807) is 0 Å². The molecule has 0 N–H and O–H groups in total. The molecule has 0 aliphatic carbocycles. The van der Waals surface area contributed by atoms with Gasteiger partial charge in [0.1, 0.15) is 0 Å². The Bertz CT molecular complexity index is 434. The lowest BCUT2D eigenvalue weighted by Crippen LogP contribution is -2.35. The minimum Gasteiger partial charge on any atom is -0.353 e. The molecule has 0 bridgehead atoms. The second-order valence-electron chi connectivity index (χ2n) is 5.09. The van der Waals surface area contributed by atoms with Crippen LogP contribution < -0.4 is 4.90 Å². The normalized spacial score (nSPS) is 25.0. The molecule has 3 heterocycles. The Labute approximate surface area is 112 Å². The van der Waals surface area contributed by atoms with Gasteiger partial charge in [0.25, 0.3) is 0 Å². The summed E-state index contributed by atoms with van der Waals surface area (Å²) in [5.41, 5.74) is 0. The van der Waals surface area contributed by atoms with Gasteiger partial charge in [0, 0.05) is 25.3 Å². The lowest BCUT2D eigenvalue weighted by Gasteiger charge is -2.24. The third kappa shape index (κ3) is 2.31. The van der Waals surface area contributed by atoms with E-state index in [1.807, 2.05) is 4.90 Å². The summed E-state index contributed by atoms with van der Waals surface area (Å²) in [6, 6.07) is 1.90. The van der Waals surface area contributed by atoms with Crippen molar-refractivity contribution in [2.24, 2.45) is 0 Å². The van der Waals surface area contributed by atoms with Gasteiger partial charge in [-0.05, 0) is 38.4 Å². The van der Waals surface area contributed by atoms with Crippen LogP contribution in [-0.2, 0) is 0 Å². The van der Waals surface area contributed by atoms with E-state index in [0.29, 0.717) is 16.9 Å². The predicted molar refractivity (Wildman–Crippen MR) is 70.6 cm³/mol. The summed E-state index contributed by atoms with van der Waals surface area (Å²) < 4.78 is 13.8. The zero-order chi connectivity index (χ0) is 12.5. The summed E-state index contributed by atoms with van der Waals surface area (Å²) in [7, 11) is 0. The van der Waals surface area contributed by atoms with Gasteiger partial charge in [0.05, 0.1) is 5.02 Å². The number of halogens is 2. The van der Waals surface area contributed by atoms with Crippen LogP contribution in [0.25, 0.3) is 0 Å². The molecule has 5 heteroatoms. The van der Waals surface area contributed by atoms with E-state index in [2.05, 4.69) is 9.88 Å². The Morgan fingerprint density at radius 1 is 1.28 bits per heavy atom. The fraction of sp³-hybridized carbons (Fsp3) is 0.615. The van der Waals surface area contributed by atoms with Gasteiger partial charge < -0.3 is 4.90 Å². The summed E-state index contributed by atoms with van der Waals surface area (Å²) in [5, 5.41) is 0.353. The molecule has 1 aromatic heterocycles. The summed E-state index contributed by atoms with van der Waals surface area (Å²) in [6.45, 7) is 4.14. The smallest absolute Gasteiger partial charge is 0.167 e. The molecule has 2 saturated heterocycles. The molecule has 98 valence electrons. The van der Waals surface area contributed by atoms with Crippen molar-refractivity contribution < 1.29 is 4.39 Å². The molecule has 3 nitrogen and oxygen atoms in total. The Kier molecular flexibility index (Phi) is 3.39. The maximum absolute atomic E-state index is 13.8. The van der Waals surface area contributed by atoms with E-state index in [9.17, 15) is 4.39 Å². The van der Waals surface area contributed by atoms with E-state index in [1.165, 1.54) is 38.2 Å². The van der Waals surface area contributed by atoms with Crippen molar-refractivity contribution in [3.05, 3.63) is 23.1 Å². The Morgan fingerprint density at radius 3 is 2.78 bits per heavy atom. The van der Waals surface area contributed by atoms with E-state index < -0.39 is 0 Å². The standard InChI is InChI=1S/C13H17ClFN3/c14-10-7-12(15)13(16-8-10)18-6-3-11(9-18)17-4-1-2-5-17/h7-8,11H,1-6,9H2. The van der Waals surface area contributed by atoms with Crippen LogP contribution in [0.15, 0.2) is 12.3 Å². The Hall–Kier alpha value is -0.870. The van der Waals surface area contributed by atoms with Crippen molar-refractivity contribution in [3.63, 3.8) is 0 Å². The number of likely N-dealkylation sites (tertiary alicyclic amines) is 1. The zero-order valence-corrected chi connectivity index (χ0v) is 11.0. The number of pyridine rings is 1. The average molecular weight is 270 g/mol. The molecule has 1 aromatic rings. The van der Waals surface area contributed by atoms with Gasteiger partial charge in [-0.2, -0.15) is 0 Å². The number of hydrogen-bond donors (Lipinski definition) is 0. The minimum atomic E-state index is -0.315. The molecule has 1 atom stereocenters. The first-order chi connectivity index (χ1) is 8.74. The topological polar surface area (TPSA) is 19.4 Å². The van der Waals surface area contributed by atoms with Crippen LogP contribution in [0, 0.1) is 5.82 Å². The first kappa shape index (κ1) is 12.2. The van der Waals surface area contributed by atoms with Gasteiger partial charge in [-0.3, -0.25) is 4.90 Å². The van der Waals surface area contributed by atoms with Crippen molar-refractivity contribution >= 4 is 17.4 Å². The molecule has 0 saturated carbocycles. The highest BCUT2D eigenvalue weighted by molar-refractivity contribution is 6.30. The molecule has 1 unspecified atom stereocenters. The first-order valence-corrected chi connectivity index (χ1v) is 6.92. The van der Waals surface area contributed by atoms with E-state index in [4.69, 9.17) is 11.6 Å². The molecule has 0 radical (unpaired) electrons. The van der Waals surface area contributed by atoms with Crippen molar-refractivity contribution in [3.8, 4) is 0 Å². The maximum Gasteiger partial charge on any atom is 0.167 e. The van der Waals surface area contributed by atoms with Crippen molar-refractivity contribution in [1.82, 2.24) is 9.88 Å². The second-order valence-corrected chi connectivity index (χ2v) is 5.53. The molecular weight excluding hydrogens is 253 g/mol. The Morgan fingerprint density at radius 2 is 2.06 bits per heavy atom. The highest BCUT2D eigenvalue weighted by Crippen LogP contribution is 2.26. The maximum atomic E-state index is 13.8. The van der Waals surface area contributed by atoms with Crippen LogP contribution in [-0.4, -0.2) is 42.1 Å². The van der Waals surface area contributed by atoms with Crippen LogP contribution in [0.2, 0.25) is 5.02 Å². The highest BCUT2D eigenvalue weighted by atomic mass is 35.5. The number of rotatable bonds is 2.